The molecule has 16 nitrogen and oxygen atoms in total. The van der Waals surface area contributed by atoms with Gasteiger partial charge in [0.2, 0.25) is 11.8 Å². The van der Waals surface area contributed by atoms with Crippen LogP contribution in [0.2, 0.25) is 10.0 Å². The Morgan fingerprint density at radius 1 is 0.570 bits per heavy atom. The lowest BCUT2D eigenvalue weighted by atomic mass is 9.68. The van der Waals surface area contributed by atoms with Gasteiger partial charge < -0.3 is 59.7 Å². The third kappa shape index (κ3) is 12.2. The zero-order valence-electron chi connectivity index (χ0n) is 49.3. The van der Waals surface area contributed by atoms with Gasteiger partial charge in [0.25, 0.3) is 0 Å². The first-order valence-corrected chi connectivity index (χ1v) is 31.7. The molecule has 2 spiro atoms. The molecule has 4 bridgehead atoms. The van der Waals surface area contributed by atoms with E-state index in [1.165, 1.54) is 32.1 Å². The van der Waals surface area contributed by atoms with E-state index in [9.17, 15) is 49.8 Å². The number of carbonyl (C=O) groups excluding carboxylic acids is 2. The van der Waals surface area contributed by atoms with Gasteiger partial charge in [-0.2, -0.15) is 0 Å². The van der Waals surface area contributed by atoms with Crippen molar-refractivity contribution in [1.29, 1.82) is 0 Å². The largest absolute Gasteiger partial charge is 0.490 e. The molecule has 4 aromatic carbocycles. The lowest BCUT2D eigenvalue weighted by Gasteiger charge is -2.45. The third-order valence-electron chi connectivity index (χ3n) is 20.5. The summed E-state index contributed by atoms with van der Waals surface area (Å²) in [5.74, 6) is -1.87. The number of allylic oxidation sites excluding steroid dienone is 2. The maximum absolute atomic E-state index is 13.1. The molecule has 0 aromatic heterocycles. The second-order valence-corrected chi connectivity index (χ2v) is 26.9. The molecular weight excluding hydrogens is 1140 g/mol. The third-order valence-corrected chi connectivity index (χ3v) is 21.0. The number of amides is 2. The van der Waals surface area contributed by atoms with Crippen molar-refractivity contribution in [3.63, 3.8) is 0 Å². The van der Waals surface area contributed by atoms with Crippen molar-refractivity contribution >= 4 is 58.3 Å². The molecule has 4 aliphatic carbocycles. The van der Waals surface area contributed by atoms with Gasteiger partial charge in [-0.05, 0) is 195 Å². The van der Waals surface area contributed by atoms with Gasteiger partial charge in [0.15, 0.2) is 11.2 Å². The predicted molar refractivity (Wildman–Crippen MR) is 329 cm³/mol. The van der Waals surface area contributed by atoms with Gasteiger partial charge in [-0.15, -0.1) is 0 Å². The Morgan fingerprint density at radius 3 is 1.37 bits per heavy atom. The highest BCUT2D eigenvalue weighted by Gasteiger charge is 2.49. The zero-order chi connectivity index (χ0) is 60.7. The van der Waals surface area contributed by atoms with Crippen LogP contribution in [0.25, 0.3) is 0 Å². The number of carbonyl (C=O) groups is 4. The lowest BCUT2D eigenvalue weighted by molar-refractivity contribution is -0.164. The topological polar surface area (TPSA) is 221 Å². The Labute approximate surface area is 514 Å². The van der Waals surface area contributed by atoms with Crippen LogP contribution in [0.1, 0.15) is 123 Å². The number of hydrogen-bond donors (Lipinski definition) is 6. The molecule has 8 aliphatic rings. The van der Waals surface area contributed by atoms with E-state index >= 15 is 0 Å². The minimum absolute atomic E-state index is 0.122. The number of aryl methyl sites for hydroxylation is 2. The summed E-state index contributed by atoms with van der Waals surface area (Å²) in [6, 6.07) is 22.2. The number of ether oxygens (including phenoxy) is 2. The first kappa shape index (κ1) is 61.5. The number of hydrogen-bond acceptors (Lipinski definition) is 12. The van der Waals surface area contributed by atoms with E-state index in [0.29, 0.717) is 111 Å². The van der Waals surface area contributed by atoms with Crippen molar-refractivity contribution in [1.82, 2.24) is 9.80 Å². The van der Waals surface area contributed by atoms with E-state index in [-0.39, 0.29) is 45.6 Å². The molecule has 18 heteroatoms. The number of carboxylic acids is 2. The molecule has 0 radical (unpaired) electrons. The van der Waals surface area contributed by atoms with Gasteiger partial charge in [-0.25, -0.2) is 9.59 Å². The van der Waals surface area contributed by atoms with Crippen LogP contribution >= 0.6 is 23.2 Å². The number of aliphatic hydroxyl groups is 4. The molecule has 6 N–H and O–H groups in total. The molecule has 0 unspecified atom stereocenters. The highest BCUT2D eigenvalue weighted by molar-refractivity contribution is 6.31. The Hall–Kier alpha value is -6.14. The molecule has 4 aromatic rings. The maximum atomic E-state index is 13.1. The fourth-order valence-electron chi connectivity index (χ4n) is 15.1. The molecule has 10 atom stereocenters. The number of aliphatic hydroxyl groups excluding tert-OH is 2. The summed E-state index contributed by atoms with van der Waals surface area (Å²) in [4.78, 5) is 58.9. The molecule has 12 rings (SSSR count). The number of carboxylic acid groups (broad SMARTS) is 2. The van der Waals surface area contributed by atoms with Crippen molar-refractivity contribution in [2.24, 2.45) is 23.7 Å². The summed E-state index contributed by atoms with van der Waals surface area (Å²) >= 11 is 12.8. The smallest absolute Gasteiger partial charge is 0.340 e. The van der Waals surface area contributed by atoms with Gasteiger partial charge in [-0.3, -0.25) is 9.59 Å². The highest BCUT2D eigenvalue weighted by atomic mass is 35.5. The van der Waals surface area contributed by atoms with Crippen LogP contribution in [0.5, 0.6) is 11.5 Å². The number of aliphatic carboxylic acids is 2. The van der Waals surface area contributed by atoms with Crippen LogP contribution in [0.4, 0.5) is 11.4 Å². The monoisotopic (exact) mass is 1220 g/mol. The van der Waals surface area contributed by atoms with E-state index in [4.69, 9.17) is 32.7 Å². The van der Waals surface area contributed by atoms with Gasteiger partial charge in [-0.1, -0.05) is 71.8 Å². The first-order valence-electron chi connectivity index (χ1n) is 30.9. The van der Waals surface area contributed by atoms with E-state index in [1.807, 2.05) is 36.4 Å². The number of rotatable bonds is 2. The van der Waals surface area contributed by atoms with Gasteiger partial charge >= 0.3 is 11.9 Å². The van der Waals surface area contributed by atoms with Crippen LogP contribution in [-0.2, 0) is 54.1 Å². The summed E-state index contributed by atoms with van der Waals surface area (Å²) in [7, 11) is 3.25. The Kier molecular flexibility index (Phi) is 18.0. The van der Waals surface area contributed by atoms with Crippen molar-refractivity contribution < 1.29 is 59.3 Å². The number of benzene rings is 4. The normalized spacial score (nSPS) is 32.0. The van der Waals surface area contributed by atoms with Gasteiger partial charge in [0.1, 0.15) is 11.5 Å². The van der Waals surface area contributed by atoms with Gasteiger partial charge in [0.05, 0.1) is 49.6 Å². The van der Waals surface area contributed by atoms with Crippen molar-refractivity contribution in [3.8, 4) is 11.5 Å². The van der Waals surface area contributed by atoms with Crippen LogP contribution in [0, 0.1) is 23.7 Å². The summed E-state index contributed by atoms with van der Waals surface area (Å²) in [5.41, 5.74) is 1.20. The average molecular weight is 1220 g/mol. The number of anilines is 2. The van der Waals surface area contributed by atoms with Gasteiger partial charge in [0, 0.05) is 74.2 Å². The summed E-state index contributed by atoms with van der Waals surface area (Å²) in [6.07, 6.45) is 17.8. The molecule has 460 valence electrons. The molecule has 86 heavy (non-hydrogen) atoms. The molecule has 2 amide bonds. The second-order valence-electron chi connectivity index (χ2n) is 26.0. The minimum atomic E-state index is -2.40. The molecule has 4 aliphatic heterocycles. The molecule has 0 saturated heterocycles. The molecular formula is C68H82Cl2N4O12. The van der Waals surface area contributed by atoms with Crippen LogP contribution in [0.3, 0.4) is 0 Å². The summed E-state index contributed by atoms with van der Waals surface area (Å²) in [6.45, 7) is 4.34. The lowest BCUT2D eigenvalue weighted by Crippen LogP contribution is -2.49. The van der Waals surface area contributed by atoms with E-state index in [2.05, 4.69) is 34.1 Å². The number of halogens is 2. The highest BCUT2D eigenvalue weighted by Crippen LogP contribution is 2.50. The second kappa shape index (κ2) is 25.2. The zero-order valence-corrected chi connectivity index (χ0v) is 50.9. The molecule has 2 saturated carbocycles. The van der Waals surface area contributed by atoms with Crippen LogP contribution in [-0.4, -0.2) is 143 Å². The summed E-state index contributed by atoms with van der Waals surface area (Å²) < 4.78 is 13.1. The predicted octanol–water partition coefficient (Wildman–Crippen LogP) is 9.34. The Morgan fingerprint density at radius 2 is 0.988 bits per heavy atom. The summed E-state index contributed by atoms with van der Waals surface area (Å²) in [5, 5.41) is 67.2. The fourth-order valence-corrected chi connectivity index (χ4v) is 15.4. The Balaban J connectivity index is 0.000000179. The molecule has 2 fully saturated rings. The first-order chi connectivity index (χ1) is 41.2. The van der Waals surface area contributed by atoms with Crippen molar-refractivity contribution in [2.75, 3.05) is 76.4 Å². The minimum Gasteiger partial charge on any atom is -0.490 e. The maximum Gasteiger partial charge on any atom is 0.340 e. The average Bonchev–Trinajstić information content (AvgIpc) is 1.58. The van der Waals surface area contributed by atoms with Crippen LogP contribution < -0.4 is 19.3 Å². The SMILES string of the molecule is CN1CCC/C=C\[C@H](O)[C@@H]2CC[C@H]2CN2C[C@@]3(CCCc4cc(Cl)ccc43)COc3ccc(cc32)[C@@](O)(C(=O)O)CC1=O.CN1CCC/C=C\[C@H](O)[C@@H]2CC[C@H]2CN2C[C@@]3(CCCc4cc(Cl)ccc43)COc3ccc(cc32)[C@](O)(C(=O)O)CC1=O. The van der Waals surface area contributed by atoms with E-state index < -0.39 is 60.0 Å². The number of fused-ring (bicyclic) bond motifs is 8. The molecule has 4 heterocycles. The Bertz CT molecular complexity index is 3070. The van der Waals surface area contributed by atoms with Crippen molar-refractivity contribution in [3.05, 3.63) is 141 Å². The fraction of sp³-hybridized carbons (Fsp3) is 0.529. The van der Waals surface area contributed by atoms with Crippen LogP contribution in [0.15, 0.2) is 97.1 Å². The van der Waals surface area contributed by atoms with Crippen molar-refractivity contribution in [2.45, 2.75) is 137 Å². The standard InChI is InChI=1S/2C34H41ClN2O6/c2*1-36-15-4-2-3-7-29(38)26-11-8-23(26)19-37-20-33(14-5-6-22-16-25(35)10-12-27(22)33)21-43-30-13-9-24(17-28(30)37)34(42,32(40)41)18-31(36)39/h2*3,7,9-10,12-13,16-17,23,26,29,38,42H,2,4-6,8,11,14-15,18-21H2,1H3,(H,40,41)/b2*7-3-/t23-,26+,29-,33-,34+;23-,26+,29-,33-,34-/m00/s1. The van der Waals surface area contributed by atoms with E-state index in [0.717, 1.165) is 64.2 Å². The quantitative estimate of drug-likeness (QED) is 0.103. The number of nitrogens with zero attached hydrogens (tertiary/aromatic N) is 4. The van der Waals surface area contributed by atoms with E-state index in [1.54, 1.807) is 50.5 Å².